The molecule has 0 amide bonds. The first kappa shape index (κ1) is 11.5. The first-order valence-corrected chi connectivity index (χ1v) is 6.60. The zero-order valence-corrected chi connectivity index (χ0v) is 10.8. The van der Waals surface area contributed by atoms with E-state index >= 15 is 0 Å². The lowest BCUT2D eigenvalue weighted by Crippen LogP contribution is -2.18. The number of aromatic nitrogens is 2. The number of hydrogen-bond donors (Lipinski definition) is 1. The summed E-state index contributed by atoms with van der Waals surface area (Å²) in [6, 6.07) is 8.55. The highest BCUT2D eigenvalue weighted by atomic mass is 15.0. The Morgan fingerprint density at radius 1 is 1.44 bits per heavy atom. The van der Waals surface area contributed by atoms with Crippen molar-refractivity contribution in [1.29, 1.82) is 0 Å². The van der Waals surface area contributed by atoms with Crippen molar-refractivity contribution in [3.63, 3.8) is 0 Å². The van der Waals surface area contributed by atoms with Gasteiger partial charge in [-0.25, -0.2) is 0 Å². The van der Waals surface area contributed by atoms with Gasteiger partial charge in [-0.3, -0.25) is 4.98 Å². The van der Waals surface area contributed by atoms with Crippen molar-refractivity contribution in [2.45, 2.75) is 38.8 Å². The third-order valence-corrected chi connectivity index (χ3v) is 3.82. The van der Waals surface area contributed by atoms with Gasteiger partial charge in [0.15, 0.2) is 0 Å². The molecule has 0 aliphatic heterocycles. The molecule has 3 heteroatoms. The molecule has 0 radical (unpaired) electrons. The van der Waals surface area contributed by atoms with Crippen LogP contribution in [0.15, 0.2) is 30.5 Å². The summed E-state index contributed by atoms with van der Waals surface area (Å²) in [5.41, 5.74) is 11.4. The van der Waals surface area contributed by atoms with Gasteiger partial charge < -0.3 is 10.3 Å². The number of hydrogen-bond acceptors (Lipinski definition) is 2. The molecular weight excluding hydrogens is 222 g/mol. The monoisotopic (exact) mass is 241 g/mol. The second-order valence-electron chi connectivity index (χ2n) is 5.09. The Balaban J connectivity index is 1.97. The van der Waals surface area contributed by atoms with Crippen LogP contribution in [0.5, 0.6) is 0 Å². The summed E-state index contributed by atoms with van der Waals surface area (Å²) in [4.78, 5) is 4.41. The van der Waals surface area contributed by atoms with Gasteiger partial charge in [-0.1, -0.05) is 6.07 Å². The highest BCUT2D eigenvalue weighted by molar-refractivity contribution is 5.33. The lowest BCUT2D eigenvalue weighted by atomic mass is 9.93. The summed E-state index contributed by atoms with van der Waals surface area (Å²) in [6.07, 6.45) is 5.30. The second-order valence-corrected chi connectivity index (χ2v) is 5.09. The first-order chi connectivity index (χ1) is 8.75. The summed E-state index contributed by atoms with van der Waals surface area (Å²) < 4.78 is 2.37. The minimum Gasteiger partial charge on any atom is -0.343 e. The fourth-order valence-electron chi connectivity index (χ4n) is 2.87. The Bertz CT molecular complexity index is 542. The number of nitrogens with zero attached hydrogens (tertiary/aromatic N) is 2. The van der Waals surface area contributed by atoms with E-state index in [1.807, 2.05) is 18.3 Å². The van der Waals surface area contributed by atoms with Crippen LogP contribution in [-0.4, -0.2) is 9.55 Å². The van der Waals surface area contributed by atoms with E-state index in [-0.39, 0.29) is 6.04 Å². The van der Waals surface area contributed by atoms with Crippen molar-refractivity contribution in [2.24, 2.45) is 5.73 Å². The number of aryl methyl sites for hydroxylation is 1. The van der Waals surface area contributed by atoms with Gasteiger partial charge in [0.1, 0.15) is 0 Å². The highest BCUT2D eigenvalue weighted by Crippen LogP contribution is 2.30. The van der Waals surface area contributed by atoms with Crippen LogP contribution in [0.2, 0.25) is 0 Å². The molecule has 3 nitrogen and oxygen atoms in total. The number of fused-ring (bicyclic) bond motifs is 1. The van der Waals surface area contributed by atoms with Gasteiger partial charge in [-0.2, -0.15) is 0 Å². The van der Waals surface area contributed by atoms with E-state index in [1.54, 1.807) is 0 Å². The Morgan fingerprint density at radius 2 is 2.33 bits per heavy atom. The molecule has 0 saturated carbocycles. The largest absolute Gasteiger partial charge is 0.343 e. The van der Waals surface area contributed by atoms with Crippen LogP contribution in [-0.2, 0) is 13.0 Å². The lowest BCUT2D eigenvalue weighted by Gasteiger charge is -2.21. The van der Waals surface area contributed by atoms with Crippen LogP contribution in [0.1, 0.15) is 41.5 Å². The predicted octanol–water partition coefficient (Wildman–Crippen LogP) is 2.58. The highest BCUT2D eigenvalue weighted by Gasteiger charge is 2.22. The van der Waals surface area contributed by atoms with E-state index in [4.69, 9.17) is 5.73 Å². The van der Waals surface area contributed by atoms with Crippen molar-refractivity contribution in [1.82, 2.24) is 9.55 Å². The van der Waals surface area contributed by atoms with Crippen LogP contribution < -0.4 is 5.73 Å². The van der Waals surface area contributed by atoms with E-state index in [0.717, 1.165) is 25.1 Å². The predicted molar refractivity (Wildman–Crippen MR) is 72.4 cm³/mol. The minimum absolute atomic E-state index is 0.220. The van der Waals surface area contributed by atoms with Gasteiger partial charge in [0.25, 0.3) is 0 Å². The maximum absolute atomic E-state index is 6.19. The van der Waals surface area contributed by atoms with Gasteiger partial charge in [-0.15, -0.1) is 0 Å². The average Bonchev–Trinajstić information content (AvgIpc) is 2.70. The molecule has 0 aromatic carbocycles. The summed E-state index contributed by atoms with van der Waals surface area (Å²) in [5, 5.41) is 0. The summed E-state index contributed by atoms with van der Waals surface area (Å²) in [6.45, 7) is 3.02. The molecule has 2 N–H and O–H groups in total. The van der Waals surface area contributed by atoms with Crippen LogP contribution in [0, 0.1) is 6.92 Å². The Morgan fingerprint density at radius 3 is 3.11 bits per heavy atom. The third kappa shape index (κ3) is 1.95. The van der Waals surface area contributed by atoms with E-state index < -0.39 is 0 Å². The fraction of sp³-hybridized carbons (Fsp3) is 0.400. The van der Waals surface area contributed by atoms with Crippen molar-refractivity contribution >= 4 is 0 Å². The molecule has 18 heavy (non-hydrogen) atoms. The van der Waals surface area contributed by atoms with Crippen molar-refractivity contribution in [3.8, 4) is 0 Å². The Labute approximate surface area is 108 Å². The fourth-order valence-corrected chi connectivity index (χ4v) is 2.87. The van der Waals surface area contributed by atoms with E-state index in [1.165, 1.54) is 23.4 Å². The molecule has 0 bridgehead atoms. The third-order valence-electron chi connectivity index (χ3n) is 3.82. The van der Waals surface area contributed by atoms with Crippen LogP contribution in [0.3, 0.4) is 0 Å². The van der Waals surface area contributed by atoms with Gasteiger partial charge >= 0.3 is 0 Å². The van der Waals surface area contributed by atoms with Gasteiger partial charge in [0.2, 0.25) is 0 Å². The molecule has 2 aromatic rings. The standard InChI is InChI=1S/C15H19N3/c1-11-9-13-14(16)6-4-7-15(13)18(11)10-12-5-2-3-8-17-12/h2-3,5,8-9,14H,4,6-7,10,16H2,1H3. The second kappa shape index (κ2) is 4.58. The molecule has 2 aromatic heterocycles. The number of pyridine rings is 1. The summed E-state index contributed by atoms with van der Waals surface area (Å²) >= 11 is 0. The van der Waals surface area contributed by atoms with Crippen LogP contribution >= 0.6 is 0 Å². The first-order valence-electron chi connectivity index (χ1n) is 6.60. The number of nitrogens with two attached hydrogens (primary N) is 1. The zero-order valence-electron chi connectivity index (χ0n) is 10.8. The Kier molecular flexibility index (Phi) is 2.92. The summed E-state index contributed by atoms with van der Waals surface area (Å²) in [5.74, 6) is 0. The molecule has 0 spiro atoms. The van der Waals surface area contributed by atoms with Crippen LogP contribution in [0.25, 0.3) is 0 Å². The topological polar surface area (TPSA) is 43.8 Å². The minimum atomic E-state index is 0.220. The van der Waals surface area contributed by atoms with Crippen molar-refractivity contribution < 1.29 is 0 Å². The lowest BCUT2D eigenvalue weighted by molar-refractivity contribution is 0.545. The van der Waals surface area contributed by atoms with Crippen molar-refractivity contribution in [2.75, 3.05) is 0 Å². The normalized spacial score (nSPS) is 18.7. The van der Waals surface area contributed by atoms with Crippen molar-refractivity contribution in [3.05, 3.63) is 53.1 Å². The quantitative estimate of drug-likeness (QED) is 0.878. The molecule has 0 saturated heterocycles. The smallest absolute Gasteiger partial charge is 0.0647 e. The van der Waals surface area contributed by atoms with Gasteiger partial charge in [0.05, 0.1) is 12.2 Å². The number of rotatable bonds is 2. The molecule has 1 aliphatic rings. The SMILES string of the molecule is Cc1cc2c(n1Cc1ccccn1)CCCC2N. The molecule has 2 heterocycles. The maximum Gasteiger partial charge on any atom is 0.0647 e. The van der Waals surface area contributed by atoms with Gasteiger partial charge in [-0.05, 0) is 49.9 Å². The average molecular weight is 241 g/mol. The van der Waals surface area contributed by atoms with Gasteiger partial charge in [0, 0.05) is 23.6 Å². The molecule has 1 aliphatic carbocycles. The van der Waals surface area contributed by atoms with E-state index in [2.05, 4.69) is 28.6 Å². The molecule has 1 unspecified atom stereocenters. The molecule has 3 rings (SSSR count). The Hall–Kier alpha value is -1.61. The molecular formula is C15H19N3. The molecule has 0 fully saturated rings. The van der Waals surface area contributed by atoms with E-state index in [9.17, 15) is 0 Å². The molecule has 1 atom stereocenters. The zero-order chi connectivity index (χ0) is 12.5. The maximum atomic E-state index is 6.19. The summed E-state index contributed by atoms with van der Waals surface area (Å²) in [7, 11) is 0. The van der Waals surface area contributed by atoms with Crippen LogP contribution in [0.4, 0.5) is 0 Å². The van der Waals surface area contributed by atoms with E-state index in [0.29, 0.717) is 0 Å². The molecule has 94 valence electrons.